The number of rotatable bonds is 5. The van der Waals surface area contributed by atoms with E-state index in [-0.39, 0.29) is 5.82 Å². The minimum absolute atomic E-state index is 0.318. The van der Waals surface area contributed by atoms with E-state index in [0.29, 0.717) is 33.8 Å². The topological polar surface area (TPSA) is 64.7 Å². The van der Waals surface area contributed by atoms with Crippen molar-refractivity contribution in [1.29, 1.82) is 0 Å². The second-order valence-electron chi connectivity index (χ2n) is 6.34. The zero-order chi connectivity index (χ0) is 19.5. The zero-order valence-electron chi connectivity index (χ0n) is 15.4. The van der Waals surface area contributed by atoms with Gasteiger partial charge in [-0.3, -0.25) is 0 Å². The Morgan fingerprint density at radius 2 is 1.82 bits per heavy atom. The quantitative estimate of drug-likeness (QED) is 0.433. The molecule has 0 atom stereocenters. The van der Waals surface area contributed by atoms with Crippen LogP contribution in [0.25, 0.3) is 22.6 Å². The van der Waals surface area contributed by atoms with Gasteiger partial charge in [-0.05, 0) is 55.3 Å². The summed E-state index contributed by atoms with van der Waals surface area (Å²) in [6, 6.07) is 16.1. The molecule has 0 radical (unpaired) electrons. The first-order valence-corrected chi connectivity index (χ1v) is 9.70. The van der Waals surface area contributed by atoms with Crippen LogP contribution in [0, 0.1) is 19.7 Å². The molecule has 7 heteroatoms. The van der Waals surface area contributed by atoms with Crippen molar-refractivity contribution in [2.24, 2.45) is 0 Å². The molecule has 4 aromatic rings. The van der Waals surface area contributed by atoms with Gasteiger partial charge in [0.2, 0.25) is 11.7 Å². The van der Waals surface area contributed by atoms with Gasteiger partial charge in [-0.15, -0.1) is 10.2 Å². The first kappa shape index (κ1) is 18.3. The summed E-state index contributed by atoms with van der Waals surface area (Å²) in [7, 11) is 0. The molecule has 0 aliphatic rings. The predicted molar refractivity (Wildman–Crippen MR) is 106 cm³/mol. The number of hydrogen-bond donors (Lipinski definition) is 0. The summed E-state index contributed by atoms with van der Waals surface area (Å²) in [5, 5.41) is 13.0. The molecule has 2 aromatic heterocycles. The maximum absolute atomic E-state index is 13.8. The molecular weight excluding hydrogens is 375 g/mol. The van der Waals surface area contributed by atoms with E-state index >= 15 is 0 Å². The third kappa shape index (κ3) is 3.94. The molecule has 0 N–H and O–H groups in total. The van der Waals surface area contributed by atoms with E-state index in [1.54, 1.807) is 30.3 Å². The first-order chi connectivity index (χ1) is 13.6. The minimum atomic E-state index is -0.318. The van der Waals surface area contributed by atoms with Crippen molar-refractivity contribution in [3.8, 4) is 22.6 Å². The summed E-state index contributed by atoms with van der Waals surface area (Å²) >= 11 is 1.43. The van der Waals surface area contributed by atoms with E-state index in [1.807, 2.05) is 18.2 Å². The minimum Gasteiger partial charge on any atom is -0.338 e. The van der Waals surface area contributed by atoms with E-state index in [9.17, 15) is 4.39 Å². The largest absolute Gasteiger partial charge is 0.338 e. The number of nitrogens with zero attached hydrogens (tertiary/aromatic N) is 4. The second kappa shape index (κ2) is 7.90. The molecule has 0 aliphatic heterocycles. The number of thioether (sulfide) groups is 1. The lowest BCUT2D eigenvalue weighted by atomic mass is 10.1. The molecule has 0 saturated carbocycles. The highest BCUT2D eigenvalue weighted by molar-refractivity contribution is 7.98. The molecule has 5 nitrogen and oxygen atoms in total. The standard InChI is InChI=1S/C21H17FN4OS/c1-13-7-8-15(11-14(13)2)21-23-19(27-26-21)12-28-20-10-9-18(24-25-20)16-5-3-4-6-17(16)22/h3-11H,12H2,1-2H3. The van der Waals surface area contributed by atoms with Crippen molar-refractivity contribution in [1.82, 2.24) is 20.3 Å². The van der Waals surface area contributed by atoms with Crippen molar-refractivity contribution in [3.05, 3.63) is 77.4 Å². The predicted octanol–water partition coefficient (Wildman–Crippen LogP) is 5.24. The summed E-state index contributed by atoms with van der Waals surface area (Å²) in [6.45, 7) is 4.12. The van der Waals surface area contributed by atoms with Gasteiger partial charge in [0.25, 0.3) is 0 Å². The Morgan fingerprint density at radius 1 is 0.964 bits per heavy atom. The molecule has 140 valence electrons. The summed E-state index contributed by atoms with van der Waals surface area (Å²) in [5.74, 6) is 1.24. The third-order valence-corrected chi connectivity index (χ3v) is 5.27. The molecule has 0 spiro atoms. The number of hydrogen-bond acceptors (Lipinski definition) is 6. The van der Waals surface area contributed by atoms with Gasteiger partial charge < -0.3 is 4.52 Å². The molecule has 28 heavy (non-hydrogen) atoms. The highest BCUT2D eigenvalue weighted by Crippen LogP contribution is 2.25. The molecule has 2 heterocycles. The second-order valence-corrected chi connectivity index (χ2v) is 7.33. The number of aryl methyl sites for hydroxylation is 2. The molecule has 0 saturated heterocycles. The molecule has 0 amide bonds. The lowest BCUT2D eigenvalue weighted by molar-refractivity contribution is 0.391. The average Bonchev–Trinajstić information content (AvgIpc) is 3.18. The van der Waals surface area contributed by atoms with Crippen molar-refractivity contribution in [2.75, 3.05) is 0 Å². The van der Waals surface area contributed by atoms with Gasteiger partial charge >= 0.3 is 0 Å². The summed E-state index contributed by atoms with van der Waals surface area (Å²) < 4.78 is 19.2. The lowest BCUT2D eigenvalue weighted by Crippen LogP contribution is -1.92. The molecule has 0 fully saturated rings. The third-order valence-electron chi connectivity index (χ3n) is 4.37. The zero-order valence-corrected chi connectivity index (χ0v) is 16.2. The van der Waals surface area contributed by atoms with Gasteiger partial charge in [0.1, 0.15) is 10.8 Å². The monoisotopic (exact) mass is 392 g/mol. The fourth-order valence-corrected chi connectivity index (χ4v) is 3.31. The van der Waals surface area contributed by atoms with Gasteiger partial charge in [0.15, 0.2) is 0 Å². The lowest BCUT2D eigenvalue weighted by Gasteiger charge is -2.02. The van der Waals surface area contributed by atoms with E-state index < -0.39 is 0 Å². The van der Waals surface area contributed by atoms with Crippen LogP contribution in [0.15, 0.2) is 64.1 Å². The average molecular weight is 392 g/mol. The van der Waals surface area contributed by atoms with Gasteiger partial charge in [0.05, 0.1) is 11.4 Å². The van der Waals surface area contributed by atoms with Gasteiger partial charge in [-0.2, -0.15) is 4.98 Å². The molecular formula is C21H17FN4OS. The summed E-state index contributed by atoms with van der Waals surface area (Å²) in [6.07, 6.45) is 0. The van der Waals surface area contributed by atoms with Crippen molar-refractivity contribution in [3.63, 3.8) is 0 Å². The Bertz CT molecular complexity index is 1110. The Balaban J connectivity index is 1.43. The fourth-order valence-electron chi connectivity index (χ4n) is 2.66. The van der Waals surface area contributed by atoms with Crippen LogP contribution < -0.4 is 0 Å². The Morgan fingerprint density at radius 3 is 2.57 bits per heavy atom. The number of benzene rings is 2. The fraction of sp³-hybridized carbons (Fsp3) is 0.143. The Hall–Kier alpha value is -3.06. The van der Waals surface area contributed by atoms with Crippen LogP contribution in [-0.2, 0) is 5.75 Å². The molecule has 0 aliphatic carbocycles. The van der Waals surface area contributed by atoms with Crippen LogP contribution in [-0.4, -0.2) is 20.3 Å². The van der Waals surface area contributed by atoms with Crippen LogP contribution in [0.1, 0.15) is 17.0 Å². The number of aromatic nitrogens is 4. The number of halogens is 1. The van der Waals surface area contributed by atoms with Gasteiger partial charge in [0, 0.05) is 11.1 Å². The molecule has 0 bridgehead atoms. The highest BCUT2D eigenvalue weighted by Gasteiger charge is 2.11. The van der Waals surface area contributed by atoms with Crippen LogP contribution in [0.5, 0.6) is 0 Å². The Labute approximate surface area is 166 Å². The van der Waals surface area contributed by atoms with Gasteiger partial charge in [-0.25, -0.2) is 4.39 Å². The van der Waals surface area contributed by atoms with Crippen molar-refractivity contribution < 1.29 is 8.91 Å². The van der Waals surface area contributed by atoms with Crippen LogP contribution in [0.3, 0.4) is 0 Å². The first-order valence-electron chi connectivity index (χ1n) is 8.72. The van der Waals surface area contributed by atoms with Crippen molar-refractivity contribution >= 4 is 11.8 Å². The van der Waals surface area contributed by atoms with Crippen LogP contribution in [0.4, 0.5) is 4.39 Å². The molecule has 4 rings (SSSR count). The smallest absolute Gasteiger partial charge is 0.237 e. The molecule has 2 aromatic carbocycles. The SMILES string of the molecule is Cc1ccc(-c2noc(CSc3ccc(-c4ccccc4F)nn3)n2)cc1C. The maximum atomic E-state index is 13.8. The van der Waals surface area contributed by atoms with E-state index in [4.69, 9.17) is 4.52 Å². The molecule has 0 unspecified atom stereocenters. The van der Waals surface area contributed by atoms with E-state index in [2.05, 4.69) is 34.2 Å². The van der Waals surface area contributed by atoms with Crippen LogP contribution in [0.2, 0.25) is 0 Å². The van der Waals surface area contributed by atoms with E-state index in [1.165, 1.54) is 29.0 Å². The normalized spacial score (nSPS) is 11.0. The van der Waals surface area contributed by atoms with Crippen molar-refractivity contribution in [2.45, 2.75) is 24.6 Å². The van der Waals surface area contributed by atoms with Gasteiger partial charge in [-0.1, -0.05) is 41.2 Å². The summed E-state index contributed by atoms with van der Waals surface area (Å²) in [4.78, 5) is 4.45. The van der Waals surface area contributed by atoms with Crippen LogP contribution >= 0.6 is 11.8 Å². The highest BCUT2D eigenvalue weighted by atomic mass is 32.2. The Kier molecular flexibility index (Phi) is 5.16. The van der Waals surface area contributed by atoms with E-state index in [0.717, 1.165) is 5.56 Å². The summed E-state index contributed by atoms with van der Waals surface area (Å²) in [5.41, 5.74) is 4.26. The maximum Gasteiger partial charge on any atom is 0.237 e.